The molecule has 0 radical (unpaired) electrons. The molecule has 0 saturated heterocycles. The molecule has 2 aromatic rings. The van der Waals surface area contributed by atoms with Crippen molar-refractivity contribution in [1.29, 1.82) is 0 Å². The van der Waals surface area contributed by atoms with Crippen LogP contribution in [0.15, 0.2) is 36.4 Å². The molecular formula is C20H18N2O5. The first-order chi connectivity index (χ1) is 12.9. The number of likely N-dealkylation sites (N-methyl/N-ethyl adjacent to an activating group) is 1. The maximum atomic E-state index is 12.8. The predicted molar refractivity (Wildman–Crippen MR) is 97.7 cm³/mol. The van der Waals surface area contributed by atoms with Crippen molar-refractivity contribution in [3.63, 3.8) is 0 Å². The molecule has 7 heteroatoms. The third kappa shape index (κ3) is 3.08. The lowest BCUT2D eigenvalue weighted by atomic mass is 9.82. The van der Waals surface area contributed by atoms with Gasteiger partial charge in [0, 0.05) is 23.2 Å². The number of rotatable bonds is 4. The second-order valence-electron chi connectivity index (χ2n) is 6.10. The van der Waals surface area contributed by atoms with Crippen molar-refractivity contribution in [3.8, 4) is 0 Å². The van der Waals surface area contributed by atoms with Gasteiger partial charge in [0.15, 0.2) is 17.7 Å². The minimum Gasteiger partial charge on any atom is -0.449 e. The van der Waals surface area contributed by atoms with Crippen LogP contribution in [0, 0.1) is 0 Å². The minimum absolute atomic E-state index is 0.0150. The SMILES string of the molecule is CCNC(=O)[C@@H](C)OC(=O)c1ccc2c(c1N)C(=O)c1ccccc1C2=O. The summed E-state index contributed by atoms with van der Waals surface area (Å²) in [6, 6.07) is 9.16. The number of anilines is 1. The average Bonchev–Trinajstić information content (AvgIpc) is 2.65. The zero-order valence-electron chi connectivity index (χ0n) is 14.9. The van der Waals surface area contributed by atoms with E-state index in [9.17, 15) is 19.2 Å². The monoisotopic (exact) mass is 366 g/mol. The largest absolute Gasteiger partial charge is 0.449 e. The molecule has 3 N–H and O–H groups in total. The van der Waals surface area contributed by atoms with Gasteiger partial charge in [-0.05, 0) is 26.0 Å². The van der Waals surface area contributed by atoms with Crippen molar-refractivity contribution in [2.24, 2.45) is 0 Å². The number of amides is 1. The molecule has 0 unspecified atom stereocenters. The van der Waals surface area contributed by atoms with E-state index in [1.54, 1.807) is 31.2 Å². The number of benzene rings is 2. The van der Waals surface area contributed by atoms with Crippen LogP contribution >= 0.6 is 0 Å². The summed E-state index contributed by atoms with van der Waals surface area (Å²) in [4.78, 5) is 49.6. The van der Waals surface area contributed by atoms with Gasteiger partial charge in [-0.15, -0.1) is 0 Å². The molecule has 0 bridgehead atoms. The lowest BCUT2D eigenvalue weighted by Crippen LogP contribution is -2.35. The molecule has 0 aromatic heterocycles. The summed E-state index contributed by atoms with van der Waals surface area (Å²) < 4.78 is 5.13. The van der Waals surface area contributed by atoms with Crippen LogP contribution in [0.2, 0.25) is 0 Å². The van der Waals surface area contributed by atoms with Crippen LogP contribution in [0.1, 0.15) is 56.0 Å². The van der Waals surface area contributed by atoms with E-state index in [4.69, 9.17) is 10.5 Å². The molecular weight excluding hydrogens is 348 g/mol. The fraction of sp³-hybridized carbons (Fsp3) is 0.200. The highest BCUT2D eigenvalue weighted by molar-refractivity contribution is 6.30. The lowest BCUT2D eigenvalue weighted by molar-refractivity contribution is -0.128. The smallest absolute Gasteiger partial charge is 0.341 e. The number of carbonyl (C=O) groups is 4. The lowest BCUT2D eigenvalue weighted by Gasteiger charge is -2.20. The molecule has 0 aliphatic heterocycles. The zero-order chi connectivity index (χ0) is 19.7. The number of ether oxygens (including phenoxy) is 1. The molecule has 27 heavy (non-hydrogen) atoms. The molecule has 1 amide bonds. The summed E-state index contributed by atoms with van der Waals surface area (Å²) in [5, 5.41) is 2.54. The molecule has 1 aliphatic rings. The van der Waals surface area contributed by atoms with Crippen molar-refractivity contribution in [1.82, 2.24) is 5.32 Å². The second kappa shape index (κ2) is 7.03. The van der Waals surface area contributed by atoms with Gasteiger partial charge in [0.2, 0.25) is 0 Å². The number of carbonyl (C=O) groups excluding carboxylic acids is 4. The standard InChI is InChI=1S/C20H18N2O5/c1-3-22-19(25)10(2)27-20(26)14-9-8-13-15(16(14)21)18(24)12-7-5-4-6-11(12)17(13)23/h4-10H,3,21H2,1-2H3,(H,22,25)/t10-/m1/s1. The van der Waals surface area contributed by atoms with E-state index in [1.165, 1.54) is 19.1 Å². The van der Waals surface area contributed by atoms with Crippen LogP contribution in [-0.4, -0.2) is 36.1 Å². The summed E-state index contributed by atoms with van der Waals surface area (Å²) in [6.45, 7) is 3.58. The Bertz CT molecular complexity index is 980. The minimum atomic E-state index is -1.02. The van der Waals surface area contributed by atoms with Crippen LogP contribution in [0.25, 0.3) is 0 Å². The number of hydrogen-bond acceptors (Lipinski definition) is 6. The van der Waals surface area contributed by atoms with Gasteiger partial charge in [0.25, 0.3) is 5.91 Å². The Morgan fingerprint density at radius 3 is 2.30 bits per heavy atom. The number of nitrogens with one attached hydrogen (secondary N) is 1. The van der Waals surface area contributed by atoms with E-state index >= 15 is 0 Å². The first-order valence-corrected chi connectivity index (χ1v) is 8.46. The molecule has 0 fully saturated rings. The Hall–Kier alpha value is -3.48. The Morgan fingerprint density at radius 1 is 1.04 bits per heavy atom. The topological polar surface area (TPSA) is 116 Å². The molecule has 1 atom stereocenters. The third-order valence-corrected chi connectivity index (χ3v) is 4.36. The highest BCUT2D eigenvalue weighted by Crippen LogP contribution is 2.32. The van der Waals surface area contributed by atoms with Crippen molar-refractivity contribution in [3.05, 3.63) is 64.2 Å². The van der Waals surface area contributed by atoms with Crippen molar-refractivity contribution in [2.75, 3.05) is 12.3 Å². The number of nitrogen functional groups attached to an aromatic ring is 1. The first-order valence-electron chi connectivity index (χ1n) is 8.46. The van der Waals surface area contributed by atoms with Crippen LogP contribution in [0.3, 0.4) is 0 Å². The number of nitrogens with two attached hydrogens (primary N) is 1. The first kappa shape index (κ1) is 18.3. The second-order valence-corrected chi connectivity index (χ2v) is 6.10. The highest BCUT2D eigenvalue weighted by atomic mass is 16.5. The number of esters is 1. The molecule has 7 nitrogen and oxygen atoms in total. The van der Waals surface area contributed by atoms with Crippen LogP contribution in [0.4, 0.5) is 5.69 Å². The number of fused-ring (bicyclic) bond motifs is 2. The van der Waals surface area contributed by atoms with E-state index in [-0.39, 0.29) is 33.7 Å². The molecule has 3 rings (SSSR count). The molecule has 0 heterocycles. The van der Waals surface area contributed by atoms with Gasteiger partial charge in [-0.1, -0.05) is 24.3 Å². The quantitative estimate of drug-likeness (QED) is 0.537. The van der Waals surface area contributed by atoms with Gasteiger partial charge in [0.1, 0.15) is 0 Å². The van der Waals surface area contributed by atoms with Gasteiger partial charge in [-0.3, -0.25) is 14.4 Å². The summed E-state index contributed by atoms with van der Waals surface area (Å²) in [5.41, 5.74) is 6.52. The average molecular weight is 366 g/mol. The molecule has 138 valence electrons. The summed E-state index contributed by atoms with van der Waals surface area (Å²) in [7, 11) is 0. The van der Waals surface area contributed by atoms with E-state index in [2.05, 4.69) is 5.32 Å². The molecule has 2 aromatic carbocycles. The zero-order valence-corrected chi connectivity index (χ0v) is 14.9. The number of hydrogen-bond donors (Lipinski definition) is 2. The van der Waals surface area contributed by atoms with Crippen LogP contribution in [0.5, 0.6) is 0 Å². The van der Waals surface area contributed by atoms with E-state index < -0.39 is 23.8 Å². The Kier molecular flexibility index (Phi) is 4.77. The van der Waals surface area contributed by atoms with Gasteiger partial charge in [-0.2, -0.15) is 0 Å². The van der Waals surface area contributed by atoms with E-state index in [0.29, 0.717) is 12.1 Å². The van der Waals surface area contributed by atoms with Crippen molar-refractivity contribution < 1.29 is 23.9 Å². The predicted octanol–water partition coefficient (Wildman–Crippen LogP) is 1.73. The third-order valence-electron chi connectivity index (χ3n) is 4.36. The fourth-order valence-electron chi connectivity index (χ4n) is 2.99. The van der Waals surface area contributed by atoms with Gasteiger partial charge < -0.3 is 15.8 Å². The fourth-order valence-corrected chi connectivity index (χ4v) is 2.99. The van der Waals surface area contributed by atoms with Crippen molar-refractivity contribution >= 4 is 29.1 Å². The Labute approximate surface area is 155 Å². The summed E-state index contributed by atoms with van der Waals surface area (Å²) in [5.74, 6) is -2.04. The van der Waals surface area contributed by atoms with Gasteiger partial charge in [-0.25, -0.2) is 4.79 Å². The maximum absolute atomic E-state index is 12.8. The Balaban J connectivity index is 1.98. The maximum Gasteiger partial charge on any atom is 0.341 e. The Morgan fingerprint density at radius 2 is 1.67 bits per heavy atom. The van der Waals surface area contributed by atoms with E-state index in [0.717, 1.165) is 0 Å². The molecule has 0 spiro atoms. The summed E-state index contributed by atoms with van der Waals surface area (Å²) in [6.07, 6.45) is -1.02. The normalized spacial score (nSPS) is 13.4. The van der Waals surface area contributed by atoms with Gasteiger partial charge >= 0.3 is 5.97 Å². The van der Waals surface area contributed by atoms with Gasteiger partial charge in [0.05, 0.1) is 16.8 Å². The summed E-state index contributed by atoms with van der Waals surface area (Å²) >= 11 is 0. The van der Waals surface area contributed by atoms with Crippen LogP contribution in [-0.2, 0) is 9.53 Å². The molecule has 1 aliphatic carbocycles. The van der Waals surface area contributed by atoms with E-state index in [1.807, 2.05) is 0 Å². The molecule has 0 saturated carbocycles. The highest BCUT2D eigenvalue weighted by Gasteiger charge is 2.33. The van der Waals surface area contributed by atoms with Crippen molar-refractivity contribution in [2.45, 2.75) is 20.0 Å². The number of ketones is 2. The van der Waals surface area contributed by atoms with Crippen LogP contribution < -0.4 is 11.1 Å².